The van der Waals surface area contributed by atoms with Crippen molar-refractivity contribution in [1.29, 1.82) is 0 Å². The largest absolute Gasteiger partial charge is 0.480 e. The average molecular weight is 390 g/mol. The fraction of sp³-hybridized carbons (Fsp3) is 0.571. The number of nitrogens with one attached hydrogen (secondary N) is 1. The van der Waals surface area contributed by atoms with Crippen molar-refractivity contribution in [3.05, 3.63) is 35.9 Å². The van der Waals surface area contributed by atoms with Gasteiger partial charge in [-0.15, -0.1) is 0 Å². The summed E-state index contributed by atoms with van der Waals surface area (Å²) >= 11 is 0. The summed E-state index contributed by atoms with van der Waals surface area (Å²) in [5, 5.41) is 11.7. The Morgan fingerprint density at radius 1 is 1.25 bits per heavy atom. The minimum Gasteiger partial charge on any atom is -0.480 e. The van der Waals surface area contributed by atoms with Gasteiger partial charge in [0.05, 0.1) is 0 Å². The molecule has 2 atom stereocenters. The molecule has 7 nitrogen and oxygen atoms in total. The lowest BCUT2D eigenvalue weighted by atomic mass is 9.90. The molecule has 0 aromatic heterocycles. The van der Waals surface area contributed by atoms with E-state index in [1.165, 1.54) is 5.56 Å². The second kappa shape index (κ2) is 9.57. The molecule has 2 amide bonds. The minimum atomic E-state index is -1.18. The Balaban J connectivity index is 1.88. The Bertz CT molecular complexity index is 684. The molecule has 0 radical (unpaired) electrons. The Morgan fingerprint density at radius 3 is 2.54 bits per heavy atom. The van der Waals surface area contributed by atoms with Crippen molar-refractivity contribution in [2.75, 3.05) is 13.1 Å². The number of likely N-dealkylation sites (tertiary alicyclic amines) is 1. The molecule has 2 N–H and O–H groups in total. The van der Waals surface area contributed by atoms with Gasteiger partial charge < -0.3 is 20.1 Å². The van der Waals surface area contributed by atoms with Crippen LogP contribution in [0.5, 0.6) is 0 Å². The number of carboxylic acids is 1. The summed E-state index contributed by atoms with van der Waals surface area (Å²) < 4.78 is 5.10. The lowest BCUT2D eigenvalue weighted by molar-refractivity contribution is -0.140. The normalized spacial score (nSPS) is 18.2. The molecule has 0 saturated carbocycles. The minimum absolute atomic E-state index is 0.0277. The maximum Gasteiger partial charge on any atom is 0.408 e. The first-order chi connectivity index (χ1) is 13.2. The number of amides is 2. The number of hydrogen-bond acceptors (Lipinski definition) is 4. The van der Waals surface area contributed by atoms with E-state index < -0.39 is 23.7 Å². The fourth-order valence-electron chi connectivity index (χ4n) is 3.33. The fourth-order valence-corrected chi connectivity index (χ4v) is 3.33. The predicted molar refractivity (Wildman–Crippen MR) is 105 cm³/mol. The Morgan fingerprint density at radius 2 is 1.93 bits per heavy atom. The van der Waals surface area contributed by atoms with Crippen molar-refractivity contribution < 1.29 is 24.2 Å². The highest BCUT2D eigenvalue weighted by Crippen LogP contribution is 2.27. The van der Waals surface area contributed by atoms with Crippen molar-refractivity contribution in [3.8, 4) is 0 Å². The SMILES string of the molecule is CC(C)(C)OC(=O)N[C@@H](CCC(=O)N1CCCC(c2ccccc2)C1)C(=O)O. The van der Waals surface area contributed by atoms with E-state index in [2.05, 4.69) is 17.4 Å². The third kappa shape index (κ3) is 6.87. The van der Waals surface area contributed by atoms with Crippen LogP contribution in [0, 0.1) is 0 Å². The van der Waals surface area contributed by atoms with Gasteiger partial charge in [0.1, 0.15) is 11.6 Å². The molecule has 1 aliphatic heterocycles. The van der Waals surface area contributed by atoms with E-state index >= 15 is 0 Å². The van der Waals surface area contributed by atoms with Crippen LogP contribution in [0.15, 0.2) is 30.3 Å². The van der Waals surface area contributed by atoms with Gasteiger partial charge in [-0.25, -0.2) is 9.59 Å². The lowest BCUT2D eigenvalue weighted by Gasteiger charge is -2.33. The molecular weight excluding hydrogens is 360 g/mol. The average Bonchev–Trinajstić information content (AvgIpc) is 2.64. The molecule has 1 aromatic rings. The van der Waals surface area contributed by atoms with E-state index in [1.807, 2.05) is 18.2 Å². The number of benzene rings is 1. The van der Waals surface area contributed by atoms with E-state index in [9.17, 15) is 19.5 Å². The molecule has 2 rings (SSSR count). The summed E-state index contributed by atoms with van der Waals surface area (Å²) in [6.07, 6.45) is 1.25. The number of piperidine rings is 1. The zero-order chi connectivity index (χ0) is 20.7. The first-order valence-electron chi connectivity index (χ1n) is 9.71. The third-order valence-electron chi connectivity index (χ3n) is 4.68. The standard InChI is InChI=1S/C21H30N2O5/c1-21(2,3)28-20(27)22-17(19(25)26)11-12-18(24)23-13-7-10-16(14-23)15-8-5-4-6-9-15/h4-6,8-9,16-17H,7,10-14H2,1-3H3,(H,22,27)(H,25,26)/t16?,17-/m0/s1. The van der Waals surface area contributed by atoms with Crippen LogP contribution in [-0.2, 0) is 14.3 Å². The van der Waals surface area contributed by atoms with Crippen LogP contribution in [0.1, 0.15) is 57.9 Å². The molecule has 1 unspecified atom stereocenters. The summed E-state index contributed by atoms with van der Waals surface area (Å²) in [6, 6.07) is 8.95. The Hall–Kier alpha value is -2.57. The van der Waals surface area contributed by atoms with Gasteiger partial charge in [-0.2, -0.15) is 0 Å². The molecule has 28 heavy (non-hydrogen) atoms. The first-order valence-corrected chi connectivity index (χ1v) is 9.71. The highest BCUT2D eigenvalue weighted by molar-refractivity contribution is 5.82. The zero-order valence-corrected chi connectivity index (χ0v) is 16.8. The van der Waals surface area contributed by atoms with Gasteiger partial charge in [-0.05, 0) is 45.6 Å². The Kier molecular flexibility index (Phi) is 7.43. The van der Waals surface area contributed by atoms with Gasteiger partial charge in [-0.3, -0.25) is 4.79 Å². The molecule has 1 aromatic carbocycles. The molecule has 0 bridgehead atoms. The van der Waals surface area contributed by atoms with Gasteiger partial charge in [0.15, 0.2) is 0 Å². The van der Waals surface area contributed by atoms with Crippen LogP contribution in [0.4, 0.5) is 4.79 Å². The number of nitrogens with zero attached hydrogens (tertiary/aromatic N) is 1. The van der Waals surface area contributed by atoms with E-state index in [4.69, 9.17) is 4.74 Å². The highest BCUT2D eigenvalue weighted by atomic mass is 16.6. The van der Waals surface area contributed by atoms with Gasteiger partial charge in [0, 0.05) is 25.4 Å². The predicted octanol–water partition coefficient (Wildman–Crippen LogP) is 3.15. The molecule has 1 heterocycles. The number of carboxylic acid groups (broad SMARTS) is 1. The summed E-state index contributed by atoms with van der Waals surface area (Å²) in [7, 11) is 0. The van der Waals surface area contributed by atoms with E-state index in [0.29, 0.717) is 19.0 Å². The second-order valence-corrected chi connectivity index (χ2v) is 8.17. The maximum atomic E-state index is 12.6. The van der Waals surface area contributed by atoms with Crippen molar-refractivity contribution in [1.82, 2.24) is 10.2 Å². The molecule has 7 heteroatoms. The lowest BCUT2D eigenvalue weighted by Crippen LogP contribution is -2.45. The van der Waals surface area contributed by atoms with Gasteiger partial charge >= 0.3 is 12.1 Å². The van der Waals surface area contributed by atoms with E-state index in [1.54, 1.807) is 25.7 Å². The van der Waals surface area contributed by atoms with Crippen LogP contribution in [-0.4, -0.2) is 52.7 Å². The molecule has 1 saturated heterocycles. The van der Waals surface area contributed by atoms with Crippen LogP contribution in [0.25, 0.3) is 0 Å². The molecule has 1 aliphatic rings. The second-order valence-electron chi connectivity index (χ2n) is 8.17. The summed E-state index contributed by atoms with van der Waals surface area (Å²) in [5.41, 5.74) is 0.499. The quantitative estimate of drug-likeness (QED) is 0.778. The maximum absolute atomic E-state index is 12.6. The number of aliphatic carboxylic acids is 1. The number of alkyl carbamates (subject to hydrolysis) is 1. The van der Waals surface area contributed by atoms with Gasteiger partial charge in [0.25, 0.3) is 0 Å². The summed E-state index contributed by atoms with van der Waals surface area (Å²) in [6.45, 7) is 6.42. The van der Waals surface area contributed by atoms with Crippen LogP contribution in [0.3, 0.4) is 0 Å². The van der Waals surface area contributed by atoms with Gasteiger partial charge in [0.2, 0.25) is 5.91 Å². The van der Waals surface area contributed by atoms with Crippen molar-refractivity contribution in [3.63, 3.8) is 0 Å². The number of carbonyl (C=O) groups excluding carboxylic acids is 2. The summed E-state index contributed by atoms with van der Waals surface area (Å²) in [5.74, 6) is -0.966. The van der Waals surface area contributed by atoms with Crippen LogP contribution < -0.4 is 5.32 Å². The molecule has 0 spiro atoms. The number of ether oxygens (including phenoxy) is 1. The monoisotopic (exact) mass is 390 g/mol. The molecule has 0 aliphatic carbocycles. The van der Waals surface area contributed by atoms with E-state index in [-0.39, 0.29) is 18.7 Å². The van der Waals surface area contributed by atoms with E-state index in [0.717, 1.165) is 12.8 Å². The Labute approximate surface area is 166 Å². The molecule has 1 fully saturated rings. The number of carbonyl (C=O) groups is 3. The number of rotatable bonds is 6. The highest BCUT2D eigenvalue weighted by Gasteiger charge is 2.28. The third-order valence-corrected chi connectivity index (χ3v) is 4.68. The molecular formula is C21H30N2O5. The zero-order valence-electron chi connectivity index (χ0n) is 16.8. The smallest absolute Gasteiger partial charge is 0.408 e. The van der Waals surface area contributed by atoms with Crippen LogP contribution >= 0.6 is 0 Å². The van der Waals surface area contributed by atoms with Crippen molar-refractivity contribution >= 4 is 18.0 Å². The summed E-state index contributed by atoms with van der Waals surface area (Å²) in [4.78, 5) is 37.7. The van der Waals surface area contributed by atoms with Gasteiger partial charge in [-0.1, -0.05) is 30.3 Å². The molecule has 154 valence electrons. The van der Waals surface area contributed by atoms with Crippen molar-refractivity contribution in [2.45, 2.75) is 64.0 Å². The van der Waals surface area contributed by atoms with Crippen LogP contribution in [0.2, 0.25) is 0 Å². The topological polar surface area (TPSA) is 95.9 Å². The van der Waals surface area contributed by atoms with Crippen molar-refractivity contribution in [2.24, 2.45) is 0 Å². The number of hydrogen-bond donors (Lipinski definition) is 2. The first kappa shape index (κ1) is 21.7.